The summed E-state index contributed by atoms with van der Waals surface area (Å²) >= 11 is 5.29. The predicted octanol–water partition coefficient (Wildman–Crippen LogP) is 6.79. The summed E-state index contributed by atoms with van der Waals surface area (Å²) in [6.45, 7) is 2.26. The number of carbonyl (C=O) groups is 1. The molecule has 0 fully saturated rings. The molecule has 0 atom stereocenters. The van der Waals surface area contributed by atoms with Crippen molar-refractivity contribution in [3.63, 3.8) is 0 Å². The summed E-state index contributed by atoms with van der Waals surface area (Å²) in [5, 5.41) is -0.190. The fourth-order valence-corrected chi connectivity index (χ4v) is 2.47. The largest absolute Gasteiger partial charge is 0.281 e. The second kappa shape index (κ2) is 16.8. The normalized spacial score (nSPS) is 11.3. The summed E-state index contributed by atoms with van der Waals surface area (Å²) in [4.78, 5) is 10.5. The summed E-state index contributed by atoms with van der Waals surface area (Å²) in [5.41, 5.74) is 0. The zero-order chi connectivity index (χ0) is 14.9. The van der Waals surface area contributed by atoms with Gasteiger partial charge in [0, 0.05) is 6.42 Å². The van der Waals surface area contributed by atoms with Crippen LogP contribution >= 0.6 is 11.6 Å². The molecule has 0 heterocycles. The van der Waals surface area contributed by atoms with Gasteiger partial charge >= 0.3 is 0 Å². The molecule has 0 aliphatic heterocycles. The number of rotatable bonds is 15. The van der Waals surface area contributed by atoms with Crippen molar-refractivity contribution in [1.82, 2.24) is 0 Å². The third kappa shape index (κ3) is 17.7. The number of halogens is 1. The Labute approximate surface area is 131 Å². The fraction of sp³-hybridized carbons (Fsp3) is 0.833. The van der Waals surface area contributed by atoms with Crippen LogP contribution in [0, 0.1) is 0 Å². The van der Waals surface area contributed by atoms with Gasteiger partial charge in [-0.05, 0) is 43.7 Å². The lowest BCUT2D eigenvalue weighted by Gasteiger charge is -1.99. The minimum atomic E-state index is -0.190. The highest BCUT2D eigenvalue weighted by Gasteiger charge is 1.95. The molecule has 2 heteroatoms. The maximum atomic E-state index is 10.5. The number of carbonyl (C=O) groups excluding carboxylic acids is 1. The van der Waals surface area contributed by atoms with Crippen molar-refractivity contribution in [2.24, 2.45) is 0 Å². The molecule has 1 nitrogen and oxygen atoms in total. The molecule has 0 aliphatic carbocycles. The summed E-state index contributed by atoms with van der Waals surface area (Å²) in [6.07, 6.45) is 21.9. The van der Waals surface area contributed by atoms with Crippen molar-refractivity contribution in [1.29, 1.82) is 0 Å². The molecule has 118 valence electrons. The number of allylic oxidation sites excluding steroid dienone is 2. The van der Waals surface area contributed by atoms with Crippen LogP contribution in [0.1, 0.15) is 96.8 Å². The van der Waals surface area contributed by atoms with E-state index in [9.17, 15) is 4.79 Å². The average molecular weight is 301 g/mol. The summed E-state index contributed by atoms with van der Waals surface area (Å²) < 4.78 is 0. The van der Waals surface area contributed by atoms with Crippen LogP contribution in [0.25, 0.3) is 0 Å². The van der Waals surface area contributed by atoms with Crippen LogP contribution in [0.15, 0.2) is 12.2 Å². The van der Waals surface area contributed by atoms with Crippen LogP contribution in [-0.4, -0.2) is 5.24 Å². The third-order valence-electron chi connectivity index (χ3n) is 3.64. The Morgan fingerprint density at radius 2 is 1.20 bits per heavy atom. The van der Waals surface area contributed by atoms with Crippen LogP contribution < -0.4 is 0 Å². The van der Waals surface area contributed by atoms with Crippen LogP contribution in [0.2, 0.25) is 0 Å². The topological polar surface area (TPSA) is 17.1 Å². The van der Waals surface area contributed by atoms with E-state index in [4.69, 9.17) is 11.6 Å². The molecule has 0 aromatic carbocycles. The molecule has 0 aromatic rings. The van der Waals surface area contributed by atoms with Gasteiger partial charge in [0.05, 0.1) is 0 Å². The molecule has 0 saturated heterocycles. The molecule has 0 bridgehead atoms. The van der Waals surface area contributed by atoms with Crippen molar-refractivity contribution in [2.75, 3.05) is 0 Å². The van der Waals surface area contributed by atoms with Gasteiger partial charge < -0.3 is 0 Å². The SMILES string of the molecule is CCCCCCCC=CCCCCCCCCC(=O)Cl. The zero-order valence-corrected chi connectivity index (χ0v) is 14.1. The molecule has 0 rings (SSSR count). The van der Waals surface area contributed by atoms with Crippen molar-refractivity contribution >= 4 is 16.8 Å². The Morgan fingerprint density at radius 1 is 0.750 bits per heavy atom. The van der Waals surface area contributed by atoms with Gasteiger partial charge in [0.15, 0.2) is 0 Å². The summed E-state index contributed by atoms with van der Waals surface area (Å²) in [6, 6.07) is 0. The lowest BCUT2D eigenvalue weighted by Crippen LogP contribution is -1.86. The highest BCUT2D eigenvalue weighted by atomic mass is 35.5. The second-order valence-corrected chi connectivity index (χ2v) is 6.11. The summed E-state index contributed by atoms with van der Waals surface area (Å²) in [7, 11) is 0. The van der Waals surface area contributed by atoms with Gasteiger partial charge in [-0.2, -0.15) is 0 Å². The van der Waals surface area contributed by atoms with E-state index in [0.717, 1.165) is 12.8 Å². The third-order valence-corrected chi connectivity index (χ3v) is 3.82. The van der Waals surface area contributed by atoms with Gasteiger partial charge in [-0.15, -0.1) is 0 Å². The highest BCUT2D eigenvalue weighted by molar-refractivity contribution is 6.63. The number of hydrogen-bond acceptors (Lipinski definition) is 1. The highest BCUT2D eigenvalue weighted by Crippen LogP contribution is 2.10. The van der Waals surface area contributed by atoms with Gasteiger partial charge in [0.2, 0.25) is 5.24 Å². The standard InChI is InChI=1S/C18H33ClO/c1-2-3-4-5-6-7-8-9-10-11-12-13-14-15-16-17-18(19)20/h8-9H,2-7,10-17H2,1H3. The first-order chi connectivity index (χ1) is 9.77. The molecule has 0 aliphatic rings. The van der Waals surface area contributed by atoms with Gasteiger partial charge in [0.25, 0.3) is 0 Å². The number of hydrogen-bond donors (Lipinski definition) is 0. The Hall–Kier alpha value is -0.300. The molecular formula is C18H33ClO. The smallest absolute Gasteiger partial charge is 0.221 e. The maximum absolute atomic E-state index is 10.5. The second-order valence-electron chi connectivity index (χ2n) is 5.69. The van der Waals surface area contributed by atoms with Gasteiger partial charge in [-0.3, -0.25) is 4.79 Å². The minimum Gasteiger partial charge on any atom is -0.281 e. The molecular weight excluding hydrogens is 268 g/mol. The Morgan fingerprint density at radius 3 is 1.70 bits per heavy atom. The van der Waals surface area contributed by atoms with E-state index in [1.807, 2.05) is 0 Å². The van der Waals surface area contributed by atoms with Gasteiger partial charge in [-0.25, -0.2) is 0 Å². The van der Waals surface area contributed by atoms with E-state index in [1.165, 1.54) is 70.6 Å². The van der Waals surface area contributed by atoms with Crippen LogP contribution in [-0.2, 0) is 4.79 Å². The molecule has 0 amide bonds. The van der Waals surface area contributed by atoms with E-state index in [2.05, 4.69) is 19.1 Å². The monoisotopic (exact) mass is 300 g/mol. The molecule has 0 saturated carbocycles. The summed E-state index contributed by atoms with van der Waals surface area (Å²) in [5.74, 6) is 0. The molecule has 0 radical (unpaired) electrons. The maximum Gasteiger partial charge on any atom is 0.221 e. The molecule has 20 heavy (non-hydrogen) atoms. The first-order valence-corrected chi connectivity index (χ1v) is 8.98. The lowest BCUT2D eigenvalue weighted by atomic mass is 10.1. The number of unbranched alkanes of at least 4 members (excludes halogenated alkanes) is 11. The van der Waals surface area contributed by atoms with Crippen molar-refractivity contribution in [3.8, 4) is 0 Å². The average Bonchev–Trinajstić information content (AvgIpc) is 2.43. The van der Waals surface area contributed by atoms with Gasteiger partial charge in [0.1, 0.15) is 0 Å². The zero-order valence-electron chi connectivity index (χ0n) is 13.3. The Kier molecular flexibility index (Phi) is 16.5. The quantitative estimate of drug-likeness (QED) is 0.185. The van der Waals surface area contributed by atoms with Crippen LogP contribution in [0.5, 0.6) is 0 Å². The van der Waals surface area contributed by atoms with E-state index < -0.39 is 0 Å². The van der Waals surface area contributed by atoms with Gasteiger partial charge in [-0.1, -0.05) is 70.4 Å². The Bertz CT molecular complexity index is 236. The van der Waals surface area contributed by atoms with E-state index in [-0.39, 0.29) is 5.24 Å². The molecule has 0 aromatic heterocycles. The fourth-order valence-electron chi connectivity index (χ4n) is 2.33. The predicted molar refractivity (Wildman–Crippen MR) is 90.3 cm³/mol. The minimum absolute atomic E-state index is 0.190. The molecule has 0 unspecified atom stereocenters. The van der Waals surface area contributed by atoms with Crippen molar-refractivity contribution < 1.29 is 4.79 Å². The molecule has 0 spiro atoms. The lowest BCUT2D eigenvalue weighted by molar-refractivity contribution is -0.111. The van der Waals surface area contributed by atoms with E-state index in [0.29, 0.717) is 6.42 Å². The first-order valence-electron chi connectivity index (χ1n) is 8.60. The van der Waals surface area contributed by atoms with E-state index in [1.54, 1.807) is 0 Å². The van der Waals surface area contributed by atoms with Crippen molar-refractivity contribution in [2.45, 2.75) is 96.8 Å². The Balaban J connectivity index is 3.06. The molecule has 0 N–H and O–H groups in total. The van der Waals surface area contributed by atoms with Crippen molar-refractivity contribution in [3.05, 3.63) is 12.2 Å². The van der Waals surface area contributed by atoms with Crippen LogP contribution in [0.4, 0.5) is 0 Å². The first kappa shape index (κ1) is 19.7. The van der Waals surface area contributed by atoms with E-state index >= 15 is 0 Å². The van der Waals surface area contributed by atoms with Crippen LogP contribution in [0.3, 0.4) is 0 Å².